The monoisotopic (exact) mass is 349 g/mol. The first kappa shape index (κ1) is 19.5. The molecule has 0 aromatic heterocycles. The SMILES string of the molecule is Cl.OC(CNC1CCCC1)COCCOc1ccc(Cl)cc1. The van der Waals surface area contributed by atoms with Crippen molar-refractivity contribution in [2.24, 2.45) is 0 Å². The highest BCUT2D eigenvalue weighted by molar-refractivity contribution is 6.30. The standard InChI is InChI=1S/C16H24ClNO3.ClH/c17-13-5-7-16(8-6-13)21-10-9-20-12-15(19)11-18-14-3-1-2-4-14;/h5-8,14-15,18-19H,1-4,9-12H2;1H. The van der Waals surface area contributed by atoms with Gasteiger partial charge in [-0.1, -0.05) is 24.4 Å². The fourth-order valence-corrected chi connectivity index (χ4v) is 2.59. The lowest BCUT2D eigenvalue weighted by molar-refractivity contribution is 0.0241. The van der Waals surface area contributed by atoms with E-state index in [9.17, 15) is 5.11 Å². The van der Waals surface area contributed by atoms with Gasteiger partial charge in [0.15, 0.2) is 0 Å². The van der Waals surface area contributed by atoms with Crippen molar-refractivity contribution in [3.05, 3.63) is 29.3 Å². The molecule has 0 aliphatic heterocycles. The molecule has 2 rings (SSSR count). The molecular formula is C16H25Cl2NO3. The summed E-state index contributed by atoms with van der Waals surface area (Å²) in [7, 11) is 0. The molecule has 0 amide bonds. The smallest absolute Gasteiger partial charge is 0.119 e. The third-order valence-electron chi connectivity index (χ3n) is 3.62. The van der Waals surface area contributed by atoms with E-state index in [4.69, 9.17) is 21.1 Å². The van der Waals surface area contributed by atoms with Crippen LogP contribution in [-0.4, -0.2) is 43.6 Å². The van der Waals surface area contributed by atoms with Crippen molar-refractivity contribution in [2.45, 2.75) is 37.8 Å². The Morgan fingerprint density at radius 3 is 2.55 bits per heavy atom. The van der Waals surface area contributed by atoms with E-state index >= 15 is 0 Å². The summed E-state index contributed by atoms with van der Waals surface area (Å²) >= 11 is 5.79. The average Bonchev–Trinajstić information content (AvgIpc) is 3.00. The molecule has 1 fully saturated rings. The van der Waals surface area contributed by atoms with E-state index in [1.54, 1.807) is 12.1 Å². The molecule has 1 aromatic carbocycles. The van der Waals surface area contributed by atoms with Crippen molar-refractivity contribution in [3.8, 4) is 5.75 Å². The molecule has 2 N–H and O–H groups in total. The normalized spacial score (nSPS) is 16.3. The highest BCUT2D eigenvalue weighted by Crippen LogP contribution is 2.17. The molecule has 1 aromatic rings. The molecular weight excluding hydrogens is 325 g/mol. The first-order valence-electron chi connectivity index (χ1n) is 7.61. The number of nitrogens with one attached hydrogen (secondary N) is 1. The summed E-state index contributed by atoms with van der Waals surface area (Å²) in [5, 5.41) is 13.9. The molecule has 1 saturated carbocycles. The van der Waals surface area contributed by atoms with Gasteiger partial charge in [-0.2, -0.15) is 0 Å². The first-order chi connectivity index (χ1) is 10.2. The van der Waals surface area contributed by atoms with Crippen molar-refractivity contribution in [3.63, 3.8) is 0 Å². The van der Waals surface area contributed by atoms with E-state index in [-0.39, 0.29) is 12.4 Å². The summed E-state index contributed by atoms with van der Waals surface area (Å²) in [6.45, 7) is 1.86. The molecule has 1 unspecified atom stereocenters. The molecule has 22 heavy (non-hydrogen) atoms. The second kappa shape index (κ2) is 11.1. The molecule has 1 atom stereocenters. The number of rotatable bonds is 9. The predicted molar refractivity (Wildman–Crippen MR) is 91.3 cm³/mol. The van der Waals surface area contributed by atoms with Crippen molar-refractivity contribution in [1.29, 1.82) is 0 Å². The van der Waals surface area contributed by atoms with Crippen LogP contribution in [0.2, 0.25) is 5.02 Å². The van der Waals surface area contributed by atoms with Crippen molar-refractivity contribution >= 4 is 24.0 Å². The second-order valence-electron chi connectivity index (χ2n) is 5.42. The van der Waals surface area contributed by atoms with Crippen LogP contribution >= 0.6 is 24.0 Å². The van der Waals surface area contributed by atoms with E-state index < -0.39 is 6.10 Å². The van der Waals surface area contributed by atoms with E-state index in [0.29, 0.717) is 37.4 Å². The fraction of sp³-hybridized carbons (Fsp3) is 0.625. The van der Waals surface area contributed by atoms with Gasteiger partial charge in [-0.3, -0.25) is 0 Å². The zero-order valence-corrected chi connectivity index (χ0v) is 14.2. The van der Waals surface area contributed by atoms with Gasteiger partial charge in [-0.15, -0.1) is 12.4 Å². The molecule has 6 heteroatoms. The summed E-state index contributed by atoms with van der Waals surface area (Å²) < 4.78 is 10.9. The Bertz CT molecular complexity index is 397. The lowest BCUT2D eigenvalue weighted by atomic mass is 10.2. The first-order valence-corrected chi connectivity index (χ1v) is 7.99. The van der Waals surface area contributed by atoms with E-state index in [1.165, 1.54) is 25.7 Å². The lowest BCUT2D eigenvalue weighted by Gasteiger charge is -2.16. The van der Waals surface area contributed by atoms with Gasteiger partial charge in [0, 0.05) is 17.6 Å². The Kier molecular flexibility index (Phi) is 9.84. The van der Waals surface area contributed by atoms with Gasteiger partial charge in [-0.05, 0) is 37.1 Å². The third kappa shape index (κ3) is 7.65. The topological polar surface area (TPSA) is 50.7 Å². The Morgan fingerprint density at radius 2 is 1.86 bits per heavy atom. The fourth-order valence-electron chi connectivity index (χ4n) is 2.46. The Morgan fingerprint density at radius 1 is 1.18 bits per heavy atom. The minimum Gasteiger partial charge on any atom is -0.491 e. The Balaban J connectivity index is 0.00000242. The molecule has 0 heterocycles. The summed E-state index contributed by atoms with van der Waals surface area (Å²) in [6, 6.07) is 7.80. The molecule has 0 bridgehead atoms. The van der Waals surface area contributed by atoms with Crippen LogP contribution in [0.5, 0.6) is 5.75 Å². The maximum absolute atomic E-state index is 9.81. The van der Waals surface area contributed by atoms with Crippen LogP contribution in [0.4, 0.5) is 0 Å². The second-order valence-corrected chi connectivity index (χ2v) is 5.86. The van der Waals surface area contributed by atoms with Gasteiger partial charge < -0.3 is 19.9 Å². The van der Waals surface area contributed by atoms with Crippen LogP contribution in [0.25, 0.3) is 0 Å². The van der Waals surface area contributed by atoms with E-state index in [1.807, 2.05) is 12.1 Å². The quantitative estimate of drug-likeness (QED) is 0.672. The molecule has 126 valence electrons. The molecule has 0 radical (unpaired) electrons. The highest BCUT2D eigenvalue weighted by atomic mass is 35.5. The summed E-state index contributed by atoms with van der Waals surface area (Å²) in [5.74, 6) is 0.770. The average molecular weight is 350 g/mol. The molecule has 4 nitrogen and oxygen atoms in total. The number of ether oxygens (including phenoxy) is 2. The number of aliphatic hydroxyl groups is 1. The largest absolute Gasteiger partial charge is 0.491 e. The van der Waals surface area contributed by atoms with Crippen molar-refractivity contribution in [1.82, 2.24) is 5.32 Å². The van der Waals surface area contributed by atoms with Crippen molar-refractivity contribution < 1.29 is 14.6 Å². The molecule has 1 aliphatic carbocycles. The van der Waals surface area contributed by atoms with Gasteiger partial charge in [0.1, 0.15) is 12.4 Å². The molecule has 1 aliphatic rings. The number of benzene rings is 1. The van der Waals surface area contributed by atoms with Crippen molar-refractivity contribution in [2.75, 3.05) is 26.4 Å². The van der Waals surface area contributed by atoms with E-state index in [2.05, 4.69) is 5.32 Å². The maximum Gasteiger partial charge on any atom is 0.119 e. The maximum atomic E-state index is 9.81. The van der Waals surface area contributed by atoms with Crippen LogP contribution < -0.4 is 10.1 Å². The van der Waals surface area contributed by atoms with Crippen LogP contribution in [-0.2, 0) is 4.74 Å². The molecule has 0 saturated heterocycles. The van der Waals surface area contributed by atoms with E-state index in [0.717, 1.165) is 5.75 Å². The minimum atomic E-state index is -0.457. The van der Waals surface area contributed by atoms with Gasteiger partial charge in [0.2, 0.25) is 0 Å². The van der Waals surface area contributed by atoms with Crippen LogP contribution in [0.1, 0.15) is 25.7 Å². The van der Waals surface area contributed by atoms with Crippen LogP contribution in [0.15, 0.2) is 24.3 Å². The Hall–Kier alpha value is -0.520. The third-order valence-corrected chi connectivity index (χ3v) is 3.87. The highest BCUT2D eigenvalue weighted by Gasteiger charge is 2.15. The Labute approximate surface area is 143 Å². The minimum absolute atomic E-state index is 0. The number of halogens is 2. The van der Waals surface area contributed by atoms with Crippen LogP contribution in [0.3, 0.4) is 0 Å². The van der Waals surface area contributed by atoms with Gasteiger partial charge >= 0.3 is 0 Å². The van der Waals surface area contributed by atoms with Gasteiger partial charge in [0.25, 0.3) is 0 Å². The predicted octanol–water partition coefficient (Wildman–Crippen LogP) is 3.05. The lowest BCUT2D eigenvalue weighted by Crippen LogP contribution is -2.36. The number of aliphatic hydroxyl groups excluding tert-OH is 1. The van der Waals surface area contributed by atoms with Gasteiger partial charge in [-0.25, -0.2) is 0 Å². The summed E-state index contributed by atoms with van der Waals surface area (Å²) in [5.41, 5.74) is 0. The van der Waals surface area contributed by atoms with Crippen LogP contribution in [0, 0.1) is 0 Å². The molecule has 0 spiro atoms. The summed E-state index contributed by atoms with van der Waals surface area (Å²) in [6.07, 6.45) is 4.59. The number of hydrogen-bond donors (Lipinski definition) is 2. The zero-order valence-electron chi connectivity index (χ0n) is 12.7. The zero-order chi connectivity index (χ0) is 14.9. The number of hydrogen-bond acceptors (Lipinski definition) is 4. The van der Waals surface area contributed by atoms with Gasteiger partial charge in [0.05, 0.1) is 19.3 Å². The summed E-state index contributed by atoms with van der Waals surface area (Å²) in [4.78, 5) is 0.